The van der Waals surface area contributed by atoms with E-state index in [0.717, 1.165) is 10.7 Å². The first kappa shape index (κ1) is 13.3. The van der Waals surface area contributed by atoms with Gasteiger partial charge in [-0.1, -0.05) is 13.8 Å². The Morgan fingerprint density at radius 3 is 3.00 bits per heavy atom. The maximum absolute atomic E-state index is 9.74. The van der Waals surface area contributed by atoms with Gasteiger partial charge in [0.1, 0.15) is 5.69 Å². The van der Waals surface area contributed by atoms with Crippen LogP contribution in [-0.4, -0.2) is 34.2 Å². The Kier molecular flexibility index (Phi) is 4.21. The lowest BCUT2D eigenvalue weighted by molar-refractivity contribution is 0.123. The van der Waals surface area contributed by atoms with Crippen LogP contribution in [0, 0.1) is 5.92 Å². The van der Waals surface area contributed by atoms with Crippen molar-refractivity contribution < 1.29 is 9.84 Å². The number of imidazole rings is 1. The summed E-state index contributed by atoms with van der Waals surface area (Å²) >= 11 is 1.58. The first-order chi connectivity index (χ1) is 8.63. The molecule has 18 heavy (non-hydrogen) atoms. The molecule has 5 nitrogen and oxygen atoms in total. The van der Waals surface area contributed by atoms with Gasteiger partial charge in [0.25, 0.3) is 0 Å². The van der Waals surface area contributed by atoms with E-state index >= 15 is 0 Å². The standard InChI is InChI=1S/C12H19N3O2S/c1-8(2)10(16)7-13-6-9-11(17-3)14-12-15(9)4-5-18-12/h4-5,8,10,13,16H,6-7H2,1-3H3. The van der Waals surface area contributed by atoms with Gasteiger partial charge < -0.3 is 15.2 Å². The minimum atomic E-state index is -0.332. The normalized spacial score (nSPS) is 13.4. The molecule has 0 radical (unpaired) electrons. The highest BCUT2D eigenvalue weighted by atomic mass is 32.1. The molecule has 1 unspecified atom stereocenters. The summed E-state index contributed by atoms with van der Waals surface area (Å²) in [5.41, 5.74) is 0.990. The van der Waals surface area contributed by atoms with E-state index in [-0.39, 0.29) is 12.0 Å². The number of nitrogens with one attached hydrogen (secondary N) is 1. The molecule has 0 bridgehead atoms. The van der Waals surface area contributed by atoms with Crippen LogP contribution in [0.4, 0.5) is 0 Å². The van der Waals surface area contributed by atoms with E-state index in [9.17, 15) is 5.11 Å². The molecule has 2 rings (SSSR count). The lowest BCUT2D eigenvalue weighted by Crippen LogP contribution is -2.30. The molecule has 6 heteroatoms. The topological polar surface area (TPSA) is 58.8 Å². The van der Waals surface area contributed by atoms with Gasteiger partial charge >= 0.3 is 0 Å². The Morgan fingerprint density at radius 1 is 1.56 bits per heavy atom. The van der Waals surface area contributed by atoms with E-state index in [4.69, 9.17) is 4.74 Å². The van der Waals surface area contributed by atoms with Crippen molar-refractivity contribution in [3.8, 4) is 5.88 Å². The molecule has 0 saturated carbocycles. The molecule has 2 heterocycles. The van der Waals surface area contributed by atoms with Gasteiger partial charge in [-0.3, -0.25) is 4.40 Å². The number of nitrogens with zero attached hydrogens (tertiary/aromatic N) is 2. The van der Waals surface area contributed by atoms with Crippen molar-refractivity contribution in [3.63, 3.8) is 0 Å². The summed E-state index contributed by atoms with van der Waals surface area (Å²) in [5, 5.41) is 15.0. The van der Waals surface area contributed by atoms with E-state index in [1.807, 2.05) is 29.8 Å². The molecular weight excluding hydrogens is 250 g/mol. The van der Waals surface area contributed by atoms with Gasteiger partial charge in [0, 0.05) is 24.7 Å². The van der Waals surface area contributed by atoms with Crippen LogP contribution in [0.5, 0.6) is 5.88 Å². The number of fused-ring (bicyclic) bond motifs is 1. The second kappa shape index (κ2) is 5.69. The zero-order chi connectivity index (χ0) is 13.1. The Balaban J connectivity index is 2.04. The predicted molar refractivity (Wildman–Crippen MR) is 72.2 cm³/mol. The number of aliphatic hydroxyl groups is 1. The molecule has 1 atom stereocenters. The summed E-state index contributed by atoms with van der Waals surface area (Å²) in [6.07, 6.45) is 1.65. The molecule has 0 aliphatic rings. The molecule has 0 spiro atoms. The summed E-state index contributed by atoms with van der Waals surface area (Å²) < 4.78 is 7.28. The molecule has 100 valence electrons. The minimum absolute atomic E-state index is 0.256. The van der Waals surface area contributed by atoms with Crippen LogP contribution in [0.25, 0.3) is 4.96 Å². The van der Waals surface area contributed by atoms with Crippen LogP contribution < -0.4 is 10.1 Å². The quantitative estimate of drug-likeness (QED) is 0.834. The van der Waals surface area contributed by atoms with Gasteiger partial charge in [-0.2, -0.15) is 4.98 Å². The van der Waals surface area contributed by atoms with Gasteiger partial charge in [0.15, 0.2) is 4.96 Å². The molecule has 0 aliphatic carbocycles. The van der Waals surface area contributed by atoms with Crippen LogP contribution in [0.3, 0.4) is 0 Å². The van der Waals surface area contributed by atoms with Crippen LogP contribution in [0.1, 0.15) is 19.5 Å². The fourth-order valence-electron chi connectivity index (χ4n) is 1.71. The molecule has 0 fully saturated rings. The second-order valence-corrected chi connectivity index (χ2v) is 5.44. The van der Waals surface area contributed by atoms with Crippen molar-refractivity contribution in [2.24, 2.45) is 5.92 Å². The zero-order valence-electron chi connectivity index (χ0n) is 10.9. The van der Waals surface area contributed by atoms with Crippen molar-refractivity contribution in [2.75, 3.05) is 13.7 Å². The average molecular weight is 269 g/mol. The Morgan fingerprint density at radius 2 is 2.33 bits per heavy atom. The van der Waals surface area contributed by atoms with Crippen LogP contribution in [0.2, 0.25) is 0 Å². The highest BCUT2D eigenvalue weighted by molar-refractivity contribution is 7.15. The fraction of sp³-hybridized carbons (Fsp3) is 0.583. The Bertz CT molecular complexity index is 506. The van der Waals surface area contributed by atoms with Crippen molar-refractivity contribution in [3.05, 3.63) is 17.3 Å². The van der Waals surface area contributed by atoms with Crippen molar-refractivity contribution in [2.45, 2.75) is 26.5 Å². The maximum Gasteiger partial charge on any atom is 0.237 e. The molecule has 2 aromatic heterocycles. The highest BCUT2D eigenvalue weighted by Gasteiger charge is 2.14. The number of methoxy groups -OCH3 is 1. The number of thiazole rings is 1. The average Bonchev–Trinajstić information content (AvgIpc) is 2.90. The van der Waals surface area contributed by atoms with E-state index in [1.165, 1.54) is 0 Å². The largest absolute Gasteiger partial charge is 0.480 e. The van der Waals surface area contributed by atoms with Gasteiger partial charge in [-0.25, -0.2) is 0 Å². The molecule has 2 aromatic rings. The maximum atomic E-state index is 9.74. The Hall–Kier alpha value is -1.11. The van der Waals surface area contributed by atoms with Crippen molar-refractivity contribution in [1.82, 2.24) is 14.7 Å². The third-order valence-corrected chi connectivity index (χ3v) is 3.69. The van der Waals surface area contributed by atoms with Gasteiger partial charge in [-0.15, -0.1) is 11.3 Å². The van der Waals surface area contributed by atoms with Crippen LogP contribution in [0.15, 0.2) is 11.6 Å². The lowest BCUT2D eigenvalue weighted by Gasteiger charge is -2.15. The number of rotatable bonds is 6. The summed E-state index contributed by atoms with van der Waals surface area (Å²) in [7, 11) is 1.62. The summed E-state index contributed by atoms with van der Waals surface area (Å²) in [4.78, 5) is 5.30. The summed E-state index contributed by atoms with van der Waals surface area (Å²) in [6, 6.07) is 0. The van der Waals surface area contributed by atoms with E-state index in [0.29, 0.717) is 19.0 Å². The zero-order valence-corrected chi connectivity index (χ0v) is 11.7. The van der Waals surface area contributed by atoms with Crippen molar-refractivity contribution >= 4 is 16.3 Å². The summed E-state index contributed by atoms with van der Waals surface area (Å²) in [5.74, 6) is 0.902. The smallest absolute Gasteiger partial charge is 0.237 e. The highest BCUT2D eigenvalue weighted by Crippen LogP contribution is 2.22. The van der Waals surface area contributed by atoms with Gasteiger partial charge in [0.05, 0.1) is 13.2 Å². The van der Waals surface area contributed by atoms with Crippen molar-refractivity contribution in [1.29, 1.82) is 0 Å². The molecule has 2 N–H and O–H groups in total. The predicted octanol–water partition coefficient (Wildman–Crippen LogP) is 1.51. The number of aliphatic hydroxyl groups excluding tert-OH is 1. The van der Waals surface area contributed by atoms with E-state index in [2.05, 4.69) is 10.3 Å². The third kappa shape index (κ3) is 2.66. The summed E-state index contributed by atoms with van der Waals surface area (Å²) in [6.45, 7) is 5.20. The molecular formula is C12H19N3O2S. The first-order valence-corrected chi connectivity index (χ1v) is 6.88. The minimum Gasteiger partial charge on any atom is -0.480 e. The molecule has 0 aromatic carbocycles. The number of aromatic nitrogens is 2. The number of ether oxygens (including phenoxy) is 1. The van der Waals surface area contributed by atoms with Crippen LogP contribution >= 0.6 is 11.3 Å². The number of hydrogen-bond donors (Lipinski definition) is 2. The lowest BCUT2D eigenvalue weighted by atomic mass is 10.1. The number of hydrogen-bond acceptors (Lipinski definition) is 5. The molecule has 0 aliphatic heterocycles. The fourth-order valence-corrected chi connectivity index (χ4v) is 2.44. The third-order valence-electron chi connectivity index (χ3n) is 2.93. The Labute approximate surface area is 110 Å². The monoisotopic (exact) mass is 269 g/mol. The van der Waals surface area contributed by atoms with Gasteiger partial charge in [-0.05, 0) is 5.92 Å². The van der Waals surface area contributed by atoms with Gasteiger partial charge in [0.2, 0.25) is 5.88 Å². The van der Waals surface area contributed by atoms with E-state index < -0.39 is 0 Å². The second-order valence-electron chi connectivity index (χ2n) is 4.57. The van der Waals surface area contributed by atoms with Crippen LogP contribution in [-0.2, 0) is 6.54 Å². The van der Waals surface area contributed by atoms with E-state index in [1.54, 1.807) is 18.4 Å². The first-order valence-electron chi connectivity index (χ1n) is 6.00. The SMILES string of the molecule is COc1nc2sccn2c1CNCC(O)C(C)C. The molecule has 0 saturated heterocycles. The molecule has 0 amide bonds.